The normalized spacial score (nSPS) is 14.4. The molecule has 7 heteroatoms. The summed E-state index contributed by atoms with van der Waals surface area (Å²) in [5, 5.41) is 2.83. The van der Waals surface area contributed by atoms with E-state index in [4.69, 9.17) is 0 Å². The molecule has 0 saturated carbocycles. The second kappa shape index (κ2) is 8.16. The van der Waals surface area contributed by atoms with Crippen molar-refractivity contribution in [2.45, 2.75) is 26.7 Å². The third-order valence-corrected chi connectivity index (χ3v) is 4.76. The highest BCUT2D eigenvalue weighted by Crippen LogP contribution is 2.27. The Morgan fingerprint density at radius 2 is 1.70 bits per heavy atom. The number of anilines is 2. The molecule has 7 nitrogen and oxygen atoms in total. The van der Waals surface area contributed by atoms with E-state index in [-0.39, 0.29) is 5.92 Å². The van der Waals surface area contributed by atoms with E-state index < -0.39 is 11.8 Å². The molecule has 1 aliphatic rings. The van der Waals surface area contributed by atoms with Crippen LogP contribution in [0.5, 0.6) is 0 Å². The predicted molar refractivity (Wildman–Crippen MR) is 105 cm³/mol. The van der Waals surface area contributed by atoms with E-state index in [1.807, 2.05) is 30.0 Å². The number of benzene rings is 1. The second-order valence-corrected chi connectivity index (χ2v) is 6.98. The van der Waals surface area contributed by atoms with Crippen LogP contribution in [0.4, 0.5) is 11.6 Å². The van der Waals surface area contributed by atoms with Gasteiger partial charge in [0.15, 0.2) is 0 Å². The van der Waals surface area contributed by atoms with E-state index in [1.165, 1.54) is 0 Å². The largest absolute Gasteiger partial charge is 0.337 e. The standard InChI is InChI=1S/C20H25N5O2/c1-14(2)16-7-4-6-15(3)17(16)23-18(26)19(27)24-10-12-25(13-11-24)20-21-8-5-9-22-20/h4-9,14H,10-13H2,1-3H3,(H,23,26). The fraction of sp³-hybridized carbons (Fsp3) is 0.400. The molecule has 1 aromatic heterocycles. The summed E-state index contributed by atoms with van der Waals surface area (Å²) in [7, 11) is 0. The minimum Gasteiger partial charge on any atom is -0.337 e. The Morgan fingerprint density at radius 1 is 1.04 bits per heavy atom. The Labute approximate surface area is 159 Å². The lowest BCUT2D eigenvalue weighted by Gasteiger charge is -2.34. The van der Waals surface area contributed by atoms with Gasteiger partial charge in [-0.25, -0.2) is 9.97 Å². The molecule has 2 aromatic rings. The Morgan fingerprint density at radius 3 is 2.33 bits per heavy atom. The zero-order valence-electron chi connectivity index (χ0n) is 16.0. The molecule has 1 saturated heterocycles. The lowest BCUT2D eigenvalue weighted by molar-refractivity contribution is -0.143. The number of carbonyl (C=O) groups excluding carboxylic acids is 2. The van der Waals surface area contributed by atoms with Crippen molar-refractivity contribution in [1.82, 2.24) is 14.9 Å². The first-order chi connectivity index (χ1) is 13.0. The number of amides is 2. The summed E-state index contributed by atoms with van der Waals surface area (Å²) in [4.78, 5) is 37.2. The number of hydrogen-bond donors (Lipinski definition) is 1. The van der Waals surface area contributed by atoms with Gasteiger partial charge in [-0.1, -0.05) is 32.0 Å². The summed E-state index contributed by atoms with van der Waals surface area (Å²) in [6, 6.07) is 7.65. The van der Waals surface area contributed by atoms with Crippen LogP contribution in [0, 0.1) is 6.92 Å². The lowest BCUT2D eigenvalue weighted by atomic mass is 9.98. The van der Waals surface area contributed by atoms with Crippen LogP contribution in [0.2, 0.25) is 0 Å². The molecule has 1 aliphatic heterocycles. The number of piperazine rings is 1. The Hall–Kier alpha value is -2.96. The smallest absolute Gasteiger partial charge is 0.313 e. The highest BCUT2D eigenvalue weighted by molar-refractivity contribution is 6.39. The molecule has 0 unspecified atom stereocenters. The van der Waals surface area contributed by atoms with E-state index in [9.17, 15) is 9.59 Å². The third-order valence-electron chi connectivity index (χ3n) is 4.76. The van der Waals surface area contributed by atoms with Crippen LogP contribution in [-0.4, -0.2) is 52.9 Å². The third kappa shape index (κ3) is 4.24. The molecule has 0 bridgehead atoms. The summed E-state index contributed by atoms with van der Waals surface area (Å²) in [5.74, 6) is -0.183. The van der Waals surface area contributed by atoms with E-state index in [2.05, 4.69) is 29.1 Å². The van der Waals surface area contributed by atoms with Gasteiger partial charge in [0.1, 0.15) is 0 Å². The van der Waals surface area contributed by atoms with Crippen LogP contribution in [-0.2, 0) is 9.59 Å². The van der Waals surface area contributed by atoms with Crippen molar-refractivity contribution in [3.8, 4) is 0 Å². The lowest BCUT2D eigenvalue weighted by Crippen LogP contribution is -2.52. The monoisotopic (exact) mass is 367 g/mol. The van der Waals surface area contributed by atoms with Crippen molar-refractivity contribution in [2.75, 3.05) is 36.4 Å². The maximum atomic E-state index is 12.6. The van der Waals surface area contributed by atoms with Crippen molar-refractivity contribution in [3.05, 3.63) is 47.8 Å². The number of rotatable bonds is 3. The van der Waals surface area contributed by atoms with Gasteiger partial charge >= 0.3 is 11.8 Å². The number of aromatic nitrogens is 2. The second-order valence-electron chi connectivity index (χ2n) is 6.98. The van der Waals surface area contributed by atoms with Crippen LogP contribution in [0.1, 0.15) is 30.9 Å². The van der Waals surface area contributed by atoms with Crippen LogP contribution < -0.4 is 10.2 Å². The van der Waals surface area contributed by atoms with E-state index >= 15 is 0 Å². The summed E-state index contributed by atoms with van der Waals surface area (Å²) in [6.45, 7) is 8.21. The van der Waals surface area contributed by atoms with Gasteiger partial charge in [0.2, 0.25) is 5.95 Å². The minimum absolute atomic E-state index is 0.254. The minimum atomic E-state index is -0.587. The van der Waals surface area contributed by atoms with Gasteiger partial charge in [-0.05, 0) is 30.0 Å². The number of para-hydroxylation sites is 1. The van der Waals surface area contributed by atoms with Crippen LogP contribution in [0.25, 0.3) is 0 Å². The summed E-state index contributed by atoms with van der Waals surface area (Å²) >= 11 is 0. The van der Waals surface area contributed by atoms with Crippen molar-refractivity contribution < 1.29 is 9.59 Å². The van der Waals surface area contributed by atoms with Gasteiger partial charge in [-0.2, -0.15) is 0 Å². The van der Waals surface area contributed by atoms with Crippen molar-refractivity contribution >= 4 is 23.5 Å². The van der Waals surface area contributed by atoms with Crippen LogP contribution in [0.15, 0.2) is 36.7 Å². The molecule has 0 radical (unpaired) electrons. The summed E-state index contributed by atoms with van der Waals surface area (Å²) in [6.07, 6.45) is 3.39. The molecule has 2 amide bonds. The maximum Gasteiger partial charge on any atom is 0.313 e. The molecule has 1 aromatic carbocycles. The van der Waals surface area contributed by atoms with Gasteiger partial charge in [-0.15, -0.1) is 0 Å². The van der Waals surface area contributed by atoms with Crippen molar-refractivity contribution in [1.29, 1.82) is 0 Å². The van der Waals surface area contributed by atoms with Gasteiger partial charge in [0, 0.05) is 44.3 Å². The van der Waals surface area contributed by atoms with Gasteiger partial charge in [0.05, 0.1) is 0 Å². The Kier molecular flexibility index (Phi) is 5.69. The molecule has 3 rings (SSSR count). The number of aryl methyl sites for hydroxylation is 1. The molecule has 27 heavy (non-hydrogen) atoms. The number of carbonyl (C=O) groups is 2. The van der Waals surface area contributed by atoms with E-state index in [1.54, 1.807) is 23.4 Å². The Balaban J connectivity index is 1.63. The molecular formula is C20H25N5O2. The van der Waals surface area contributed by atoms with Gasteiger partial charge < -0.3 is 15.1 Å². The quantitative estimate of drug-likeness (QED) is 0.842. The molecule has 1 fully saturated rings. The Bertz CT molecular complexity index is 814. The first-order valence-corrected chi connectivity index (χ1v) is 9.19. The van der Waals surface area contributed by atoms with Crippen molar-refractivity contribution in [2.24, 2.45) is 0 Å². The SMILES string of the molecule is Cc1cccc(C(C)C)c1NC(=O)C(=O)N1CCN(c2ncccn2)CC1. The highest BCUT2D eigenvalue weighted by Gasteiger charge is 2.27. The average molecular weight is 367 g/mol. The van der Waals surface area contributed by atoms with Crippen LogP contribution in [0.3, 0.4) is 0 Å². The maximum absolute atomic E-state index is 12.6. The zero-order chi connectivity index (χ0) is 19.4. The summed E-state index contributed by atoms with van der Waals surface area (Å²) < 4.78 is 0. The highest BCUT2D eigenvalue weighted by atomic mass is 16.2. The molecule has 2 heterocycles. The molecule has 0 atom stereocenters. The topological polar surface area (TPSA) is 78.4 Å². The number of nitrogens with one attached hydrogen (secondary N) is 1. The molecule has 1 N–H and O–H groups in total. The van der Waals surface area contributed by atoms with E-state index in [0.717, 1.165) is 16.8 Å². The molecular weight excluding hydrogens is 342 g/mol. The van der Waals surface area contributed by atoms with Gasteiger partial charge in [-0.3, -0.25) is 9.59 Å². The predicted octanol–water partition coefficient (Wildman–Crippen LogP) is 2.20. The zero-order valence-corrected chi connectivity index (χ0v) is 16.0. The molecule has 0 spiro atoms. The fourth-order valence-corrected chi connectivity index (χ4v) is 3.22. The first kappa shape index (κ1) is 18.8. The van der Waals surface area contributed by atoms with Gasteiger partial charge in [0.25, 0.3) is 0 Å². The number of hydrogen-bond acceptors (Lipinski definition) is 5. The average Bonchev–Trinajstić information content (AvgIpc) is 2.69. The molecule has 0 aliphatic carbocycles. The van der Waals surface area contributed by atoms with Crippen LogP contribution >= 0.6 is 0 Å². The first-order valence-electron chi connectivity index (χ1n) is 9.19. The fourth-order valence-electron chi connectivity index (χ4n) is 3.22. The molecule has 142 valence electrons. The van der Waals surface area contributed by atoms with Crippen molar-refractivity contribution in [3.63, 3.8) is 0 Å². The summed E-state index contributed by atoms with van der Waals surface area (Å²) in [5.41, 5.74) is 2.72. The number of nitrogens with zero attached hydrogens (tertiary/aromatic N) is 4. The van der Waals surface area contributed by atoms with E-state index in [0.29, 0.717) is 32.1 Å².